The first-order valence-corrected chi connectivity index (χ1v) is 12.7. The quantitative estimate of drug-likeness (QED) is 0.558. The molecule has 1 atom stereocenters. The number of hydrogen-bond donors (Lipinski definition) is 0. The van der Waals surface area contributed by atoms with E-state index in [2.05, 4.69) is 44.7 Å². The SMILES string of the molecule is CN(C)C1CN(c2nc3c4c(c(Cl)c(Br)cc4n2)OC[C@@H]2CN(C(=O)OC(C)(C)C)CCN32)C1. The monoisotopic (exact) mass is 552 g/mol. The van der Waals surface area contributed by atoms with E-state index in [0.717, 1.165) is 34.3 Å². The van der Waals surface area contributed by atoms with E-state index in [4.69, 9.17) is 31.0 Å². The molecule has 1 aromatic heterocycles. The number of fused-ring (bicyclic) bond motifs is 2. The zero-order chi connectivity index (χ0) is 24.4. The number of hydrogen-bond acceptors (Lipinski definition) is 8. The molecule has 0 aliphatic carbocycles. The van der Waals surface area contributed by atoms with E-state index in [1.54, 1.807) is 4.90 Å². The topological polar surface area (TPSA) is 74.3 Å². The highest BCUT2D eigenvalue weighted by Gasteiger charge is 2.38. The molecule has 3 aliphatic heterocycles. The van der Waals surface area contributed by atoms with Crippen LogP contribution in [0.1, 0.15) is 20.8 Å². The summed E-state index contributed by atoms with van der Waals surface area (Å²) >= 11 is 10.2. The van der Waals surface area contributed by atoms with Crippen LogP contribution in [0.5, 0.6) is 5.75 Å². The number of likely N-dealkylation sites (N-methyl/N-ethyl adjacent to an activating group) is 1. The normalized spacial score (nSPS) is 20.7. The summed E-state index contributed by atoms with van der Waals surface area (Å²) in [6, 6.07) is 2.33. The van der Waals surface area contributed by atoms with E-state index in [1.165, 1.54) is 0 Å². The average molecular weight is 554 g/mol. The fraction of sp³-hybridized carbons (Fsp3) is 0.609. The summed E-state index contributed by atoms with van der Waals surface area (Å²) in [5.41, 5.74) is 0.245. The molecule has 2 aromatic rings. The van der Waals surface area contributed by atoms with E-state index in [9.17, 15) is 4.79 Å². The van der Waals surface area contributed by atoms with Gasteiger partial charge in [0.05, 0.1) is 22.0 Å². The molecule has 0 radical (unpaired) electrons. The molecular weight excluding hydrogens is 524 g/mol. The van der Waals surface area contributed by atoms with Gasteiger partial charge in [-0.3, -0.25) is 0 Å². The van der Waals surface area contributed by atoms with Gasteiger partial charge in [-0.25, -0.2) is 9.78 Å². The molecule has 0 N–H and O–H groups in total. The fourth-order valence-electron chi connectivity index (χ4n) is 4.56. The molecule has 11 heteroatoms. The summed E-state index contributed by atoms with van der Waals surface area (Å²) in [6.07, 6.45) is -0.307. The molecule has 34 heavy (non-hydrogen) atoms. The van der Waals surface area contributed by atoms with Gasteiger partial charge in [-0.05, 0) is 56.9 Å². The first kappa shape index (κ1) is 23.7. The maximum atomic E-state index is 12.7. The third-order valence-corrected chi connectivity index (χ3v) is 7.74. The van der Waals surface area contributed by atoms with Crippen LogP contribution in [0.25, 0.3) is 10.9 Å². The second kappa shape index (κ2) is 8.57. The van der Waals surface area contributed by atoms with E-state index >= 15 is 0 Å². The van der Waals surface area contributed by atoms with Gasteiger partial charge in [0.2, 0.25) is 5.95 Å². The van der Waals surface area contributed by atoms with E-state index in [1.807, 2.05) is 26.8 Å². The first-order valence-electron chi connectivity index (χ1n) is 11.5. The molecule has 0 spiro atoms. The minimum Gasteiger partial charge on any atom is -0.489 e. The molecule has 4 heterocycles. The Kier molecular flexibility index (Phi) is 5.97. The highest BCUT2D eigenvalue weighted by atomic mass is 79.9. The number of halogens is 2. The van der Waals surface area contributed by atoms with Crippen molar-refractivity contribution in [3.05, 3.63) is 15.6 Å². The maximum absolute atomic E-state index is 12.7. The van der Waals surface area contributed by atoms with Crippen molar-refractivity contribution in [3.63, 3.8) is 0 Å². The second-order valence-corrected chi connectivity index (χ2v) is 11.6. The molecule has 9 nitrogen and oxygen atoms in total. The predicted octanol–water partition coefficient (Wildman–Crippen LogP) is 3.61. The van der Waals surface area contributed by atoms with Crippen LogP contribution in [0.4, 0.5) is 16.6 Å². The van der Waals surface area contributed by atoms with Crippen molar-refractivity contribution in [1.29, 1.82) is 0 Å². The number of ether oxygens (including phenoxy) is 2. The zero-order valence-corrected chi connectivity index (χ0v) is 22.5. The van der Waals surface area contributed by atoms with Crippen molar-refractivity contribution in [3.8, 4) is 5.75 Å². The molecule has 2 saturated heterocycles. The average Bonchev–Trinajstić information content (AvgIpc) is 2.87. The van der Waals surface area contributed by atoms with Gasteiger partial charge in [-0.2, -0.15) is 4.98 Å². The molecule has 0 bridgehead atoms. The molecule has 1 amide bonds. The summed E-state index contributed by atoms with van der Waals surface area (Å²) in [4.78, 5) is 31.0. The van der Waals surface area contributed by atoms with Gasteiger partial charge in [-0.15, -0.1) is 0 Å². The molecular formula is C23H30BrClN6O3. The Morgan fingerprint density at radius 1 is 1.24 bits per heavy atom. The molecule has 0 saturated carbocycles. The van der Waals surface area contributed by atoms with Crippen molar-refractivity contribution < 1.29 is 14.3 Å². The van der Waals surface area contributed by atoms with Gasteiger partial charge in [0.25, 0.3) is 0 Å². The van der Waals surface area contributed by atoms with E-state index < -0.39 is 5.60 Å². The number of benzene rings is 1. The number of carbonyl (C=O) groups is 1. The summed E-state index contributed by atoms with van der Waals surface area (Å²) in [5.74, 6) is 2.10. The minimum absolute atomic E-state index is 0.0830. The highest BCUT2D eigenvalue weighted by molar-refractivity contribution is 9.10. The Morgan fingerprint density at radius 3 is 2.65 bits per heavy atom. The Hall–Kier alpha value is -2.04. The molecule has 2 fully saturated rings. The molecule has 5 rings (SSSR count). The number of rotatable bonds is 2. The highest BCUT2D eigenvalue weighted by Crippen LogP contribution is 2.45. The number of nitrogens with zero attached hydrogens (tertiary/aromatic N) is 6. The summed E-state index contributed by atoms with van der Waals surface area (Å²) in [7, 11) is 4.18. The lowest BCUT2D eigenvalue weighted by atomic mass is 10.1. The zero-order valence-electron chi connectivity index (χ0n) is 20.1. The standard InChI is InChI=1S/C23H30BrClN6O3/c1-23(2,3)34-22(32)29-6-7-31-14(11-29)12-33-19-17-16(8-15(24)18(19)25)26-21(27-20(17)31)30-9-13(10-30)28(4)5/h8,13-14H,6-7,9-12H2,1-5H3/t14-/m0/s1. The van der Waals surface area contributed by atoms with Gasteiger partial charge < -0.3 is 29.1 Å². The molecule has 3 aliphatic rings. The van der Waals surface area contributed by atoms with Crippen LogP contribution in [0, 0.1) is 0 Å². The van der Waals surface area contributed by atoms with Crippen LogP contribution in [0.2, 0.25) is 5.02 Å². The summed E-state index contributed by atoms with van der Waals surface area (Å²) in [5, 5.41) is 1.32. The largest absolute Gasteiger partial charge is 0.489 e. The van der Waals surface area contributed by atoms with Crippen LogP contribution in [0.3, 0.4) is 0 Å². The molecule has 1 aromatic carbocycles. The van der Waals surface area contributed by atoms with Crippen molar-refractivity contribution in [2.45, 2.75) is 38.5 Å². The number of amides is 1. The number of carbonyl (C=O) groups excluding carboxylic acids is 1. The smallest absolute Gasteiger partial charge is 0.410 e. The molecule has 184 valence electrons. The fourth-order valence-corrected chi connectivity index (χ4v) is 5.16. The van der Waals surface area contributed by atoms with Crippen molar-refractivity contribution in [2.75, 3.05) is 63.2 Å². The number of piperazine rings is 1. The minimum atomic E-state index is -0.542. The van der Waals surface area contributed by atoms with Gasteiger partial charge in [0, 0.05) is 43.2 Å². The number of anilines is 2. The van der Waals surface area contributed by atoms with E-state index in [0.29, 0.717) is 49.0 Å². The summed E-state index contributed by atoms with van der Waals surface area (Å²) in [6.45, 7) is 9.41. The van der Waals surface area contributed by atoms with Gasteiger partial charge in [0.1, 0.15) is 18.0 Å². The van der Waals surface area contributed by atoms with Gasteiger partial charge in [0.15, 0.2) is 5.75 Å². The number of aromatic nitrogens is 2. The van der Waals surface area contributed by atoms with Crippen LogP contribution in [0.15, 0.2) is 10.5 Å². The lowest BCUT2D eigenvalue weighted by molar-refractivity contribution is 0.0202. The lowest BCUT2D eigenvalue weighted by Crippen LogP contribution is -2.58. The van der Waals surface area contributed by atoms with Crippen molar-refractivity contribution in [2.24, 2.45) is 0 Å². The Bertz CT molecular complexity index is 1130. The third kappa shape index (κ3) is 4.24. The maximum Gasteiger partial charge on any atom is 0.410 e. The second-order valence-electron chi connectivity index (χ2n) is 10.3. The lowest BCUT2D eigenvalue weighted by Gasteiger charge is -2.44. The predicted molar refractivity (Wildman–Crippen MR) is 136 cm³/mol. The van der Waals surface area contributed by atoms with Crippen LogP contribution < -0.4 is 14.5 Å². The van der Waals surface area contributed by atoms with Gasteiger partial charge >= 0.3 is 6.09 Å². The third-order valence-electron chi connectivity index (χ3n) is 6.51. The Labute approximate surface area is 213 Å². The first-order chi connectivity index (χ1) is 16.0. The van der Waals surface area contributed by atoms with Gasteiger partial charge in [-0.1, -0.05) is 11.6 Å². The van der Waals surface area contributed by atoms with Crippen LogP contribution in [-0.2, 0) is 4.74 Å². The van der Waals surface area contributed by atoms with Crippen LogP contribution >= 0.6 is 27.5 Å². The molecule has 0 unspecified atom stereocenters. The summed E-state index contributed by atoms with van der Waals surface area (Å²) < 4.78 is 12.6. The Morgan fingerprint density at radius 2 is 1.97 bits per heavy atom. The van der Waals surface area contributed by atoms with E-state index in [-0.39, 0.29) is 12.1 Å². The van der Waals surface area contributed by atoms with Crippen molar-refractivity contribution >= 4 is 56.3 Å². The van der Waals surface area contributed by atoms with Crippen molar-refractivity contribution in [1.82, 2.24) is 19.8 Å². The Balaban J connectivity index is 1.51. The van der Waals surface area contributed by atoms with Crippen LogP contribution in [-0.4, -0.2) is 97.0 Å².